The molecule has 3 aromatic rings. The van der Waals surface area contributed by atoms with Crippen molar-refractivity contribution in [3.63, 3.8) is 0 Å². The lowest BCUT2D eigenvalue weighted by molar-refractivity contribution is -0.136. The van der Waals surface area contributed by atoms with Gasteiger partial charge in [-0.15, -0.1) is 11.3 Å². The number of thiophene rings is 1. The fraction of sp³-hybridized carbons (Fsp3) is 0.167. The summed E-state index contributed by atoms with van der Waals surface area (Å²) in [4.78, 5) is 28.5. The van der Waals surface area contributed by atoms with Gasteiger partial charge in [0.1, 0.15) is 11.4 Å². The fourth-order valence-corrected chi connectivity index (χ4v) is 4.17. The van der Waals surface area contributed by atoms with Crippen molar-refractivity contribution in [3.05, 3.63) is 88.2 Å². The molecule has 2 heterocycles. The molecular formula is C24H22N2O3S. The van der Waals surface area contributed by atoms with E-state index in [2.05, 4.69) is 5.32 Å². The second-order valence-corrected chi connectivity index (χ2v) is 7.76. The van der Waals surface area contributed by atoms with E-state index in [0.29, 0.717) is 42.3 Å². The summed E-state index contributed by atoms with van der Waals surface area (Å²) >= 11 is 1.45. The Labute approximate surface area is 179 Å². The quantitative estimate of drug-likeness (QED) is 0.544. The summed E-state index contributed by atoms with van der Waals surface area (Å²) in [6, 6.07) is 21.0. The van der Waals surface area contributed by atoms with Crippen molar-refractivity contribution in [3.8, 4) is 5.75 Å². The zero-order valence-electron chi connectivity index (χ0n) is 16.6. The maximum absolute atomic E-state index is 13.2. The molecule has 5 nitrogen and oxygen atoms in total. The number of nitrogens with zero attached hydrogens (tertiary/aromatic N) is 1. The lowest BCUT2D eigenvalue weighted by Crippen LogP contribution is -2.34. The van der Waals surface area contributed by atoms with Gasteiger partial charge >= 0.3 is 0 Å². The van der Waals surface area contributed by atoms with Crippen LogP contribution in [0, 0.1) is 0 Å². The molecule has 30 heavy (non-hydrogen) atoms. The van der Waals surface area contributed by atoms with E-state index in [1.54, 1.807) is 0 Å². The molecule has 1 N–H and O–H groups in total. The Hall–Kier alpha value is -3.38. The highest BCUT2D eigenvalue weighted by Crippen LogP contribution is 2.33. The second kappa shape index (κ2) is 8.97. The Bertz CT molecular complexity index is 1070. The van der Waals surface area contributed by atoms with Gasteiger partial charge in [-0.1, -0.05) is 42.5 Å². The lowest BCUT2D eigenvalue weighted by Gasteiger charge is -2.15. The first-order chi connectivity index (χ1) is 14.7. The van der Waals surface area contributed by atoms with Gasteiger partial charge in [0.2, 0.25) is 0 Å². The number of ether oxygens (including phenoxy) is 1. The zero-order valence-corrected chi connectivity index (χ0v) is 17.4. The second-order valence-electron chi connectivity index (χ2n) is 6.81. The van der Waals surface area contributed by atoms with E-state index in [0.717, 1.165) is 10.4 Å². The molecule has 1 aliphatic heterocycles. The number of imide groups is 1. The van der Waals surface area contributed by atoms with Crippen molar-refractivity contribution >= 4 is 34.4 Å². The highest BCUT2D eigenvalue weighted by molar-refractivity contribution is 7.11. The van der Waals surface area contributed by atoms with Gasteiger partial charge in [-0.05, 0) is 42.5 Å². The van der Waals surface area contributed by atoms with E-state index >= 15 is 0 Å². The van der Waals surface area contributed by atoms with E-state index in [1.165, 1.54) is 16.2 Å². The highest BCUT2D eigenvalue weighted by Gasteiger charge is 2.39. The Morgan fingerprint density at radius 3 is 2.53 bits per heavy atom. The van der Waals surface area contributed by atoms with Crippen LogP contribution in [-0.4, -0.2) is 29.9 Å². The monoisotopic (exact) mass is 418 g/mol. The average molecular weight is 419 g/mol. The van der Waals surface area contributed by atoms with Crippen LogP contribution in [0.4, 0.5) is 5.69 Å². The Morgan fingerprint density at radius 2 is 1.80 bits per heavy atom. The molecule has 1 aromatic heterocycles. The Kier molecular flexibility index (Phi) is 5.95. The van der Waals surface area contributed by atoms with Gasteiger partial charge in [-0.2, -0.15) is 0 Å². The normalized spacial score (nSPS) is 13.8. The van der Waals surface area contributed by atoms with Crippen LogP contribution in [0.5, 0.6) is 5.75 Å². The van der Waals surface area contributed by atoms with Crippen LogP contribution in [-0.2, 0) is 16.0 Å². The molecular weight excluding hydrogens is 396 g/mol. The van der Waals surface area contributed by atoms with Crippen molar-refractivity contribution in [2.45, 2.75) is 13.3 Å². The first-order valence-corrected chi connectivity index (χ1v) is 10.7. The molecule has 0 unspecified atom stereocenters. The lowest BCUT2D eigenvalue weighted by atomic mass is 10.1. The van der Waals surface area contributed by atoms with Gasteiger partial charge in [-0.25, -0.2) is 0 Å². The number of nitrogens with one attached hydrogen (secondary N) is 1. The summed E-state index contributed by atoms with van der Waals surface area (Å²) < 4.78 is 5.55. The molecule has 0 fully saturated rings. The first-order valence-electron chi connectivity index (χ1n) is 9.85. The molecule has 0 atom stereocenters. The van der Waals surface area contributed by atoms with Crippen molar-refractivity contribution in [2.75, 3.05) is 18.5 Å². The van der Waals surface area contributed by atoms with Gasteiger partial charge in [0.15, 0.2) is 0 Å². The summed E-state index contributed by atoms with van der Waals surface area (Å²) in [6.45, 7) is 2.80. The van der Waals surface area contributed by atoms with Gasteiger partial charge < -0.3 is 10.1 Å². The third kappa shape index (κ3) is 4.14. The standard InChI is InChI=1S/C24H22N2O3S/c1-2-29-19-11-6-10-18(16-19)25-22-21(20-12-7-15-30-20)23(27)26(24(22)28)14-13-17-8-4-3-5-9-17/h3-12,15-16,25H,2,13-14H2,1H3. The minimum absolute atomic E-state index is 0.262. The largest absolute Gasteiger partial charge is 0.494 e. The van der Waals surface area contributed by atoms with Crippen LogP contribution >= 0.6 is 11.3 Å². The number of anilines is 1. The predicted molar refractivity (Wildman–Crippen MR) is 119 cm³/mol. The number of amides is 2. The number of hydrogen-bond donors (Lipinski definition) is 1. The van der Waals surface area contributed by atoms with E-state index in [4.69, 9.17) is 4.74 Å². The third-order valence-electron chi connectivity index (χ3n) is 4.82. The van der Waals surface area contributed by atoms with E-state index in [-0.39, 0.29) is 11.8 Å². The summed E-state index contributed by atoms with van der Waals surface area (Å²) in [5.41, 5.74) is 2.52. The zero-order chi connectivity index (χ0) is 20.9. The van der Waals surface area contributed by atoms with Crippen LogP contribution in [0.2, 0.25) is 0 Å². The van der Waals surface area contributed by atoms with Crippen LogP contribution in [0.1, 0.15) is 17.4 Å². The summed E-state index contributed by atoms with van der Waals surface area (Å²) in [7, 11) is 0. The fourth-order valence-electron chi connectivity index (χ4n) is 3.40. The maximum atomic E-state index is 13.2. The number of hydrogen-bond acceptors (Lipinski definition) is 5. The molecule has 0 saturated carbocycles. The molecule has 2 aromatic carbocycles. The molecule has 6 heteroatoms. The van der Waals surface area contributed by atoms with Crippen LogP contribution < -0.4 is 10.1 Å². The summed E-state index contributed by atoms with van der Waals surface area (Å²) in [6.07, 6.45) is 0.614. The topological polar surface area (TPSA) is 58.6 Å². The minimum Gasteiger partial charge on any atom is -0.494 e. The van der Waals surface area contributed by atoms with Gasteiger partial charge in [0, 0.05) is 23.2 Å². The SMILES string of the molecule is CCOc1cccc(NC2=C(c3cccs3)C(=O)N(CCc3ccccc3)C2=O)c1. The van der Waals surface area contributed by atoms with E-state index in [1.807, 2.05) is 79.0 Å². The van der Waals surface area contributed by atoms with Crippen LogP contribution in [0.25, 0.3) is 5.57 Å². The molecule has 0 radical (unpaired) electrons. The van der Waals surface area contributed by atoms with Crippen molar-refractivity contribution in [1.29, 1.82) is 0 Å². The van der Waals surface area contributed by atoms with Crippen molar-refractivity contribution in [1.82, 2.24) is 4.90 Å². The third-order valence-corrected chi connectivity index (χ3v) is 5.70. The number of carbonyl (C=O) groups is 2. The van der Waals surface area contributed by atoms with Crippen molar-refractivity contribution in [2.24, 2.45) is 0 Å². The number of rotatable bonds is 8. The smallest absolute Gasteiger partial charge is 0.278 e. The molecule has 0 bridgehead atoms. The van der Waals surface area contributed by atoms with E-state index in [9.17, 15) is 9.59 Å². The van der Waals surface area contributed by atoms with Crippen LogP contribution in [0.3, 0.4) is 0 Å². The molecule has 0 aliphatic carbocycles. The Balaban J connectivity index is 1.62. The van der Waals surface area contributed by atoms with Gasteiger partial charge in [-0.3, -0.25) is 14.5 Å². The van der Waals surface area contributed by atoms with Crippen LogP contribution in [0.15, 0.2) is 77.8 Å². The molecule has 1 aliphatic rings. The van der Waals surface area contributed by atoms with Gasteiger partial charge in [0.25, 0.3) is 11.8 Å². The molecule has 0 spiro atoms. The number of benzene rings is 2. The minimum atomic E-state index is -0.304. The molecule has 2 amide bonds. The van der Waals surface area contributed by atoms with E-state index < -0.39 is 0 Å². The maximum Gasteiger partial charge on any atom is 0.278 e. The van der Waals surface area contributed by atoms with Crippen molar-refractivity contribution < 1.29 is 14.3 Å². The molecule has 152 valence electrons. The summed E-state index contributed by atoms with van der Waals surface area (Å²) in [5, 5.41) is 5.08. The predicted octanol–water partition coefficient (Wildman–Crippen LogP) is 4.58. The van der Waals surface area contributed by atoms with Gasteiger partial charge in [0.05, 0.1) is 12.2 Å². The molecule has 4 rings (SSSR count). The first kappa shape index (κ1) is 19.9. The average Bonchev–Trinajstić information content (AvgIpc) is 3.35. The highest BCUT2D eigenvalue weighted by atomic mass is 32.1. The number of carbonyl (C=O) groups excluding carboxylic acids is 2. The Morgan fingerprint density at radius 1 is 0.967 bits per heavy atom. The molecule has 0 saturated heterocycles. The summed E-state index contributed by atoms with van der Waals surface area (Å²) in [5.74, 6) is 0.140.